The number of nitrogens with zero attached hydrogens (tertiary/aromatic N) is 2. The third-order valence-electron chi connectivity index (χ3n) is 4.06. The van der Waals surface area contributed by atoms with Crippen LogP contribution in [0.5, 0.6) is 0 Å². The number of aliphatic carboxylic acids is 1. The van der Waals surface area contributed by atoms with Crippen LogP contribution in [0.3, 0.4) is 0 Å². The Balaban J connectivity index is 2.07. The first-order valence-electron chi connectivity index (χ1n) is 6.81. The molecule has 102 valence electrons. The summed E-state index contributed by atoms with van der Waals surface area (Å²) in [7, 11) is 2.00. The maximum absolute atomic E-state index is 12.4. The van der Waals surface area contributed by atoms with Gasteiger partial charge in [0.05, 0.1) is 5.92 Å². The van der Waals surface area contributed by atoms with Gasteiger partial charge in [-0.3, -0.25) is 4.79 Å². The number of hydrogen-bond donors (Lipinski definition) is 1. The molecule has 18 heavy (non-hydrogen) atoms. The van der Waals surface area contributed by atoms with E-state index in [0.717, 1.165) is 38.8 Å². The summed E-state index contributed by atoms with van der Waals surface area (Å²) in [6.07, 6.45) is 4.32. The Kier molecular flexibility index (Phi) is 4.22. The van der Waals surface area contributed by atoms with Crippen LogP contribution in [0.1, 0.15) is 32.1 Å². The third kappa shape index (κ3) is 2.83. The van der Waals surface area contributed by atoms with Crippen LogP contribution in [0.25, 0.3) is 0 Å². The minimum absolute atomic E-state index is 0.00468. The summed E-state index contributed by atoms with van der Waals surface area (Å²) < 4.78 is 0. The molecule has 2 heterocycles. The average molecular weight is 254 g/mol. The van der Waals surface area contributed by atoms with E-state index in [1.807, 2.05) is 7.05 Å². The molecule has 0 aliphatic carbocycles. The molecule has 2 atom stereocenters. The summed E-state index contributed by atoms with van der Waals surface area (Å²) in [4.78, 5) is 27.5. The first-order chi connectivity index (χ1) is 8.59. The molecule has 0 spiro atoms. The van der Waals surface area contributed by atoms with Crippen molar-refractivity contribution >= 4 is 11.9 Å². The summed E-state index contributed by atoms with van der Waals surface area (Å²) in [5, 5.41) is 9.27. The summed E-state index contributed by atoms with van der Waals surface area (Å²) in [6, 6.07) is -0.606. The molecule has 2 saturated heterocycles. The van der Waals surface area contributed by atoms with Gasteiger partial charge in [-0.1, -0.05) is 12.8 Å². The van der Waals surface area contributed by atoms with E-state index in [9.17, 15) is 14.7 Å². The molecule has 0 radical (unpaired) electrons. The number of likely N-dealkylation sites (tertiary alicyclic amines) is 2. The molecule has 0 aromatic heterocycles. The average Bonchev–Trinajstić information content (AvgIpc) is 2.63. The second-order valence-corrected chi connectivity index (χ2v) is 5.48. The number of carboxylic acids is 1. The Labute approximate surface area is 108 Å². The quantitative estimate of drug-likeness (QED) is 0.791. The van der Waals surface area contributed by atoms with E-state index in [4.69, 9.17) is 0 Å². The van der Waals surface area contributed by atoms with Crippen LogP contribution in [-0.2, 0) is 9.59 Å². The fourth-order valence-corrected chi connectivity index (χ4v) is 3.00. The Hall–Kier alpha value is -1.10. The normalized spacial score (nSPS) is 30.2. The second-order valence-electron chi connectivity index (χ2n) is 5.48. The van der Waals surface area contributed by atoms with Gasteiger partial charge in [0.25, 0.3) is 0 Å². The monoisotopic (exact) mass is 254 g/mol. The van der Waals surface area contributed by atoms with Crippen LogP contribution in [0.2, 0.25) is 0 Å². The fourth-order valence-electron chi connectivity index (χ4n) is 3.00. The van der Waals surface area contributed by atoms with E-state index < -0.39 is 12.0 Å². The van der Waals surface area contributed by atoms with Gasteiger partial charge in [0.15, 0.2) is 0 Å². The molecule has 2 fully saturated rings. The highest BCUT2D eigenvalue weighted by molar-refractivity contribution is 5.85. The molecule has 1 amide bonds. The molecule has 2 rings (SSSR count). The lowest BCUT2D eigenvalue weighted by Crippen LogP contribution is -2.47. The van der Waals surface area contributed by atoms with Crippen LogP contribution in [0.4, 0.5) is 0 Å². The number of carbonyl (C=O) groups excluding carboxylic acids is 1. The van der Waals surface area contributed by atoms with E-state index >= 15 is 0 Å². The summed E-state index contributed by atoms with van der Waals surface area (Å²) in [5.41, 5.74) is 0. The summed E-state index contributed by atoms with van der Waals surface area (Å²) in [6.45, 7) is 2.31. The smallest absolute Gasteiger partial charge is 0.326 e. The molecule has 5 heteroatoms. The van der Waals surface area contributed by atoms with Crippen molar-refractivity contribution in [2.75, 3.05) is 26.7 Å². The SMILES string of the molecule is CN1CCC(C(=O)N2CCCCCC2C(=O)O)C1. The van der Waals surface area contributed by atoms with E-state index in [0.29, 0.717) is 13.0 Å². The molecule has 0 saturated carbocycles. The lowest BCUT2D eigenvalue weighted by molar-refractivity contribution is -0.151. The van der Waals surface area contributed by atoms with Crippen molar-refractivity contribution in [2.45, 2.75) is 38.1 Å². The number of amides is 1. The van der Waals surface area contributed by atoms with Crippen molar-refractivity contribution in [3.05, 3.63) is 0 Å². The first-order valence-corrected chi connectivity index (χ1v) is 6.81. The predicted octanol–water partition coefficient (Wildman–Crippen LogP) is 0.794. The molecule has 2 unspecified atom stereocenters. The molecule has 1 N–H and O–H groups in total. The van der Waals surface area contributed by atoms with E-state index in [1.54, 1.807) is 4.90 Å². The zero-order valence-electron chi connectivity index (χ0n) is 11.0. The van der Waals surface area contributed by atoms with E-state index in [2.05, 4.69) is 4.90 Å². The number of rotatable bonds is 2. The van der Waals surface area contributed by atoms with E-state index in [-0.39, 0.29) is 11.8 Å². The highest BCUT2D eigenvalue weighted by Crippen LogP contribution is 2.23. The van der Waals surface area contributed by atoms with Crippen molar-refractivity contribution < 1.29 is 14.7 Å². The second kappa shape index (κ2) is 5.69. The molecular formula is C13H22N2O3. The van der Waals surface area contributed by atoms with Crippen LogP contribution < -0.4 is 0 Å². The van der Waals surface area contributed by atoms with E-state index in [1.165, 1.54) is 0 Å². The number of hydrogen-bond acceptors (Lipinski definition) is 3. The topological polar surface area (TPSA) is 60.9 Å². The Morgan fingerprint density at radius 2 is 1.89 bits per heavy atom. The molecule has 0 aromatic rings. The van der Waals surface area contributed by atoms with Gasteiger partial charge in [0.1, 0.15) is 6.04 Å². The molecule has 0 bridgehead atoms. The highest BCUT2D eigenvalue weighted by Gasteiger charge is 2.36. The fraction of sp³-hybridized carbons (Fsp3) is 0.846. The molecule has 2 aliphatic heterocycles. The maximum Gasteiger partial charge on any atom is 0.326 e. The van der Waals surface area contributed by atoms with Gasteiger partial charge in [-0.15, -0.1) is 0 Å². The lowest BCUT2D eigenvalue weighted by Gasteiger charge is -2.29. The minimum atomic E-state index is -0.850. The van der Waals surface area contributed by atoms with Crippen molar-refractivity contribution in [2.24, 2.45) is 5.92 Å². The maximum atomic E-state index is 12.4. The Bertz CT molecular complexity index is 332. The summed E-state index contributed by atoms with van der Waals surface area (Å²) in [5.74, 6) is -0.805. The van der Waals surface area contributed by atoms with Crippen LogP contribution >= 0.6 is 0 Å². The largest absolute Gasteiger partial charge is 0.480 e. The van der Waals surface area contributed by atoms with Crippen LogP contribution in [-0.4, -0.2) is 59.5 Å². The zero-order chi connectivity index (χ0) is 13.1. The standard InChI is InChI=1S/C13H22N2O3/c1-14-8-6-10(9-14)12(16)15-7-4-2-3-5-11(15)13(17)18/h10-11H,2-9H2,1H3,(H,17,18). The van der Waals surface area contributed by atoms with Crippen molar-refractivity contribution in [1.82, 2.24) is 9.80 Å². The molecule has 0 aromatic carbocycles. The van der Waals surface area contributed by atoms with Crippen molar-refractivity contribution in [3.63, 3.8) is 0 Å². The zero-order valence-corrected chi connectivity index (χ0v) is 11.0. The Morgan fingerprint density at radius 3 is 2.50 bits per heavy atom. The van der Waals surface area contributed by atoms with Crippen molar-refractivity contribution in [3.8, 4) is 0 Å². The van der Waals surface area contributed by atoms with Gasteiger partial charge in [-0.05, 0) is 32.9 Å². The molecule has 5 nitrogen and oxygen atoms in total. The lowest BCUT2D eigenvalue weighted by atomic mass is 10.0. The molecular weight excluding hydrogens is 232 g/mol. The molecule has 2 aliphatic rings. The van der Waals surface area contributed by atoms with Crippen LogP contribution in [0, 0.1) is 5.92 Å². The van der Waals surface area contributed by atoms with Gasteiger partial charge >= 0.3 is 5.97 Å². The van der Waals surface area contributed by atoms with Gasteiger partial charge in [0.2, 0.25) is 5.91 Å². The van der Waals surface area contributed by atoms with Gasteiger partial charge in [0, 0.05) is 13.1 Å². The Morgan fingerprint density at radius 1 is 1.11 bits per heavy atom. The van der Waals surface area contributed by atoms with Gasteiger partial charge in [-0.2, -0.15) is 0 Å². The van der Waals surface area contributed by atoms with Gasteiger partial charge < -0.3 is 14.9 Å². The van der Waals surface area contributed by atoms with Crippen LogP contribution in [0.15, 0.2) is 0 Å². The van der Waals surface area contributed by atoms with Gasteiger partial charge in [-0.25, -0.2) is 4.79 Å². The third-order valence-corrected chi connectivity index (χ3v) is 4.06. The van der Waals surface area contributed by atoms with Crippen molar-refractivity contribution in [1.29, 1.82) is 0 Å². The minimum Gasteiger partial charge on any atom is -0.480 e. The summed E-state index contributed by atoms with van der Waals surface area (Å²) >= 11 is 0. The predicted molar refractivity (Wildman–Crippen MR) is 67.2 cm³/mol. The number of carboxylic acid groups (broad SMARTS) is 1. The first kappa shape index (κ1) is 13.3. The highest BCUT2D eigenvalue weighted by atomic mass is 16.4. The number of carbonyl (C=O) groups is 2.